The highest BCUT2D eigenvalue weighted by atomic mass is 16.5. The Morgan fingerprint density at radius 1 is 1.41 bits per heavy atom. The maximum atomic E-state index is 11.4. The van der Waals surface area contributed by atoms with Gasteiger partial charge in [-0.3, -0.25) is 9.59 Å². The Hall–Kier alpha value is -1.10. The lowest BCUT2D eigenvalue weighted by molar-refractivity contribution is -0.144. The highest BCUT2D eigenvalue weighted by Gasteiger charge is 2.15. The fourth-order valence-corrected chi connectivity index (χ4v) is 1.76. The van der Waals surface area contributed by atoms with Gasteiger partial charge in [0.05, 0.1) is 13.0 Å². The van der Waals surface area contributed by atoms with Gasteiger partial charge in [0.2, 0.25) is 5.91 Å². The van der Waals surface area contributed by atoms with Crippen LogP contribution in [0.15, 0.2) is 0 Å². The van der Waals surface area contributed by atoms with E-state index in [2.05, 4.69) is 5.32 Å². The first-order valence-electron chi connectivity index (χ1n) is 6.22. The zero-order valence-electron chi connectivity index (χ0n) is 10.4. The number of esters is 1. The van der Waals surface area contributed by atoms with Crippen LogP contribution >= 0.6 is 0 Å². The van der Waals surface area contributed by atoms with Crippen molar-refractivity contribution >= 4 is 11.9 Å². The maximum absolute atomic E-state index is 11.4. The largest absolute Gasteiger partial charge is 0.466 e. The average molecular weight is 243 g/mol. The standard InChI is InChI=1S/C12H21NO4/c1-2-17-12(15)4-3-11(14)13-7-5-10-6-8-16-9-10/h10H,2-9H2,1H3,(H,13,14). The van der Waals surface area contributed by atoms with Gasteiger partial charge in [0, 0.05) is 26.2 Å². The second-order valence-corrected chi connectivity index (χ2v) is 4.17. The fourth-order valence-electron chi connectivity index (χ4n) is 1.76. The first kappa shape index (κ1) is 14.0. The molecule has 1 unspecified atom stereocenters. The lowest BCUT2D eigenvalue weighted by atomic mass is 10.1. The van der Waals surface area contributed by atoms with Gasteiger partial charge in [0.25, 0.3) is 0 Å². The molecule has 0 aromatic heterocycles. The minimum atomic E-state index is -0.313. The summed E-state index contributed by atoms with van der Waals surface area (Å²) in [6.45, 7) is 4.42. The van der Waals surface area contributed by atoms with Gasteiger partial charge in [0.15, 0.2) is 0 Å². The molecule has 5 heteroatoms. The van der Waals surface area contributed by atoms with Crippen LogP contribution in [0.1, 0.15) is 32.6 Å². The molecule has 1 amide bonds. The van der Waals surface area contributed by atoms with Crippen molar-refractivity contribution in [2.24, 2.45) is 5.92 Å². The summed E-state index contributed by atoms with van der Waals surface area (Å²) < 4.78 is 9.99. The Bertz CT molecular complexity index is 249. The molecule has 98 valence electrons. The number of rotatable bonds is 7. The van der Waals surface area contributed by atoms with E-state index in [1.807, 2.05) is 0 Å². The fraction of sp³-hybridized carbons (Fsp3) is 0.833. The van der Waals surface area contributed by atoms with Gasteiger partial charge in [-0.25, -0.2) is 0 Å². The molecule has 1 atom stereocenters. The summed E-state index contributed by atoms with van der Waals surface area (Å²) in [5.41, 5.74) is 0. The lowest BCUT2D eigenvalue weighted by Crippen LogP contribution is -2.26. The Morgan fingerprint density at radius 2 is 2.24 bits per heavy atom. The number of nitrogens with one attached hydrogen (secondary N) is 1. The summed E-state index contributed by atoms with van der Waals surface area (Å²) in [6.07, 6.45) is 2.40. The zero-order chi connectivity index (χ0) is 12.5. The summed E-state index contributed by atoms with van der Waals surface area (Å²) in [4.78, 5) is 22.4. The van der Waals surface area contributed by atoms with Crippen molar-refractivity contribution in [1.82, 2.24) is 5.32 Å². The molecule has 1 aliphatic rings. The van der Waals surface area contributed by atoms with E-state index in [-0.39, 0.29) is 24.7 Å². The van der Waals surface area contributed by atoms with Crippen molar-refractivity contribution in [2.45, 2.75) is 32.6 Å². The van der Waals surface area contributed by atoms with Crippen LogP contribution in [0, 0.1) is 5.92 Å². The van der Waals surface area contributed by atoms with E-state index >= 15 is 0 Å². The molecule has 1 rings (SSSR count). The van der Waals surface area contributed by atoms with Crippen LogP contribution in [-0.2, 0) is 19.1 Å². The quantitative estimate of drug-likeness (QED) is 0.674. The molecular formula is C12H21NO4. The van der Waals surface area contributed by atoms with Crippen LogP contribution < -0.4 is 5.32 Å². The molecule has 0 aromatic rings. The third-order valence-electron chi connectivity index (χ3n) is 2.76. The second-order valence-electron chi connectivity index (χ2n) is 4.17. The van der Waals surface area contributed by atoms with Gasteiger partial charge in [-0.2, -0.15) is 0 Å². The summed E-state index contributed by atoms with van der Waals surface area (Å²) in [5, 5.41) is 2.80. The Balaban J connectivity index is 1.98. The van der Waals surface area contributed by atoms with E-state index in [0.29, 0.717) is 19.1 Å². The third kappa shape index (κ3) is 6.26. The molecule has 5 nitrogen and oxygen atoms in total. The normalized spacial score (nSPS) is 19.0. The van der Waals surface area contributed by atoms with Gasteiger partial charge in [-0.15, -0.1) is 0 Å². The van der Waals surface area contributed by atoms with E-state index in [0.717, 1.165) is 26.1 Å². The van der Waals surface area contributed by atoms with Gasteiger partial charge in [-0.05, 0) is 25.7 Å². The monoisotopic (exact) mass is 243 g/mol. The van der Waals surface area contributed by atoms with Crippen LogP contribution in [0.2, 0.25) is 0 Å². The van der Waals surface area contributed by atoms with Crippen LogP contribution in [0.25, 0.3) is 0 Å². The maximum Gasteiger partial charge on any atom is 0.306 e. The highest BCUT2D eigenvalue weighted by Crippen LogP contribution is 2.15. The molecular weight excluding hydrogens is 222 g/mol. The number of hydrogen-bond donors (Lipinski definition) is 1. The minimum Gasteiger partial charge on any atom is -0.466 e. The van der Waals surface area contributed by atoms with Crippen LogP contribution in [0.5, 0.6) is 0 Å². The first-order valence-corrected chi connectivity index (χ1v) is 6.22. The summed E-state index contributed by atoms with van der Waals surface area (Å²) in [7, 11) is 0. The molecule has 17 heavy (non-hydrogen) atoms. The van der Waals surface area contributed by atoms with E-state index in [9.17, 15) is 9.59 Å². The van der Waals surface area contributed by atoms with Gasteiger partial charge >= 0.3 is 5.97 Å². The van der Waals surface area contributed by atoms with Crippen molar-refractivity contribution in [3.63, 3.8) is 0 Å². The second kappa shape index (κ2) is 8.06. The number of ether oxygens (including phenoxy) is 2. The topological polar surface area (TPSA) is 64.6 Å². The minimum absolute atomic E-state index is 0.0861. The molecule has 0 aliphatic carbocycles. The van der Waals surface area contributed by atoms with E-state index < -0.39 is 0 Å². The molecule has 0 radical (unpaired) electrons. The van der Waals surface area contributed by atoms with Crippen molar-refractivity contribution < 1.29 is 19.1 Å². The number of hydrogen-bond acceptors (Lipinski definition) is 4. The van der Waals surface area contributed by atoms with E-state index in [1.165, 1.54) is 0 Å². The zero-order valence-corrected chi connectivity index (χ0v) is 10.4. The summed E-state index contributed by atoms with van der Waals surface area (Å²) in [5.74, 6) is 0.171. The molecule has 1 fully saturated rings. The average Bonchev–Trinajstić information content (AvgIpc) is 2.80. The third-order valence-corrected chi connectivity index (χ3v) is 2.76. The Labute approximate surface area is 102 Å². The molecule has 1 saturated heterocycles. The number of carbonyl (C=O) groups excluding carboxylic acids is 2. The molecule has 1 heterocycles. The van der Waals surface area contributed by atoms with Crippen LogP contribution in [-0.4, -0.2) is 38.2 Å². The summed E-state index contributed by atoms with van der Waals surface area (Å²) >= 11 is 0. The van der Waals surface area contributed by atoms with Crippen molar-refractivity contribution in [2.75, 3.05) is 26.4 Å². The van der Waals surface area contributed by atoms with Crippen molar-refractivity contribution in [3.05, 3.63) is 0 Å². The molecule has 1 N–H and O–H groups in total. The van der Waals surface area contributed by atoms with Gasteiger partial charge in [-0.1, -0.05) is 0 Å². The molecule has 0 saturated carbocycles. The van der Waals surface area contributed by atoms with Gasteiger partial charge < -0.3 is 14.8 Å². The Morgan fingerprint density at radius 3 is 2.88 bits per heavy atom. The Kier molecular flexibility index (Phi) is 6.62. The number of amides is 1. The molecule has 0 spiro atoms. The van der Waals surface area contributed by atoms with Crippen molar-refractivity contribution in [1.29, 1.82) is 0 Å². The first-order chi connectivity index (χ1) is 8.22. The smallest absolute Gasteiger partial charge is 0.306 e. The molecule has 0 aromatic carbocycles. The predicted octanol–water partition coefficient (Wildman–Crippen LogP) is 0.872. The highest BCUT2D eigenvalue weighted by molar-refractivity contribution is 5.81. The number of carbonyl (C=O) groups is 2. The van der Waals surface area contributed by atoms with Crippen LogP contribution in [0.3, 0.4) is 0 Å². The van der Waals surface area contributed by atoms with E-state index in [1.54, 1.807) is 6.92 Å². The van der Waals surface area contributed by atoms with Crippen molar-refractivity contribution in [3.8, 4) is 0 Å². The van der Waals surface area contributed by atoms with E-state index in [4.69, 9.17) is 9.47 Å². The van der Waals surface area contributed by atoms with Gasteiger partial charge in [0.1, 0.15) is 0 Å². The van der Waals surface area contributed by atoms with Crippen LogP contribution in [0.4, 0.5) is 0 Å². The molecule has 1 aliphatic heterocycles. The predicted molar refractivity (Wildman–Crippen MR) is 62.4 cm³/mol. The molecule has 0 bridgehead atoms. The lowest BCUT2D eigenvalue weighted by Gasteiger charge is -2.08. The SMILES string of the molecule is CCOC(=O)CCC(=O)NCCC1CCOC1. The summed E-state index contributed by atoms with van der Waals surface area (Å²) in [6, 6.07) is 0.